The molecule has 1 saturated heterocycles. The molecule has 5 unspecified atom stereocenters. The molecule has 140 valence electrons. The van der Waals surface area contributed by atoms with E-state index in [-0.39, 0.29) is 5.38 Å². The third-order valence-corrected chi connectivity index (χ3v) is 7.53. The van der Waals surface area contributed by atoms with Crippen LogP contribution in [-0.4, -0.2) is 64.5 Å². The Hall–Kier alpha value is -1.23. The van der Waals surface area contributed by atoms with Crippen molar-refractivity contribution < 1.29 is 0 Å². The van der Waals surface area contributed by atoms with Gasteiger partial charge < -0.3 is 9.80 Å². The van der Waals surface area contributed by atoms with Crippen molar-refractivity contribution in [2.45, 2.75) is 43.6 Å². The maximum Gasteiger partial charge on any atom is 0.105 e. The van der Waals surface area contributed by atoms with Crippen LogP contribution >= 0.6 is 11.6 Å². The van der Waals surface area contributed by atoms with Crippen molar-refractivity contribution in [1.82, 2.24) is 19.6 Å². The molecule has 1 aliphatic carbocycles. The predicted octanol–water partition coefficient (Wildman–Crippen LogP) is 2.95. The predicted molar refractivity (Wildman–Crippen MR) is 105 cm³/mol. The van der Waals surface area contributed by atoms with Gasteiger partial charge in [0.25, 0.3) is 0 Å². The highest BCUT2D eigenvalue weighted by atomic mass is 35.5. The minimum atomic E-state index is 0.264. The molecule has 0 aromatic heterocycles. The minimum Gasteiger partial charge on any atom is -0.359 e. The van der Waals surface area contributed by atoms with Crippen LogP contribution in [0.3, 0.4) is 0 Å². The summed E-state index contributed by atoms with van der Waals surface area (Å²) < 4.78 is 0. The van der Waals surface area contributed by atoms with Gasteiger partial charge in [0, 0.05) is 56.9 Å². The lowest BCUT2D eigenvalue weighted by Gasteiger charge is -2.36. The standard InChI is InChI=1S/C21H29ClN4/c1-23-7-9-25-13-15-5-3-4-6-16(15)14-26-10-8-24(2)21(26)18-11-17(20(23)25)12-19(18)22/h3-6,8,10,17-21H,7,9,11-14H2,1-2H3. The first kappa shape index (κ1) is 16.9. The van der Waals surface area contributed by atoms with Crippen LogP contribution in [-0.2, 0) is 13.1 Å². The number of nitrogens with zero attached hydrogens (tertiary/aromatic N) is 4. The van der Waals surface area contributed by atoms with Crippen LogP contribution in [0.2, 0.25) is 0 Å². The number of rotatable bonds is 0. The van der Waals surface area contributed by atoms with Crippen LogP contribution in [0, 0.1) is 11.8 Å². The first-order valence-corrected chi connectivity index (χ1v) is 10.4. The molecule has 26 heavy (non-hydrogen) atoms. The Morgan fingerprint density at radius 1 is 0.923 bits per heavy atom. The summed E-state index contributed by atoms with van der Waals surface area (Å²) in [5.41, 5.74) is 2.93. The van der Waals surface area contributed by atoms with Crippen LogP contribution in [0.5, 0.6) is 0 Å². The number of benzene rings is 1. The maximum absolute atomic E-state index is 6.96. The van der Waals surface area contributed by atoms with Crippen molar-refractivity contribution in [2.75, 3.05) is 27.2 Å². The second-order valence-corrected chi connectivity index (χ2v) is 9.15. The molecule has 0 N–H and O–H groups in total. The Kier molecular flexibility index (Phi) is 4.18. The first-order valence-electron chi connectivity index (χ1n) is 9.93. The van der Waals surface area contributed by atoms with Crippen LogP contribution in [0.15, 0.2) is 36.7 Å². The van der Waals surface area contributed by atoms with E-state index in [0.29, 0.717) is 24.2 Å². The monoisotopic (exact) mass is 372 g/mol. The molecule has 5 rings (SSSR count). The van der Waals surface area contributed by atoms with E-state index < -0.39 is 0 Å². The van der Waals surface area contributed by atoms with Crippen LogP contribution < -0.4 is 0 Å². The average Bonchev–Trinajstić information content (AvgIpc) is 3.26. The van der Waals surface area contributed by atoms with Gasteiger partial charge in [0.05, 0.1) is 6.17 Å². The quantitative estimate of drug-likeness (QED) is 0.649. The summed E-state index contributed by atoms with van der Waals surface area (Å²) in [4.78, 5) is 10.2. The number of hydrogen-bond donors (Lipinski definition) is 0. The number of halogens is 1. The van der Waals surface area contributed by atoms with E-state index >= 15 is 0 Å². The van der Waals surface area contributed by atoms with Crippen LogP contribution in [0.1, 0.15) is 24.0 Å². The highest BCUT2D eigenvalue weighted by Gasteiger charge is 2.48. The summed E-state index contributed by atoms with van der Waals surface area (Å²) in [5.74, 6) is 1.18. The van der Waals surface area contributed by atoms with Gasteiger partial charge in [0.15, 0.2) is 0 Å². The molecule has 3 heterocycles. The third kappa shape index (κ3) is 2.65. The van der Waals surface area contributed by atoms with Crippen molar-refractivity contribution in [3.8, 4) is 0 Å². The molecule has 4 nitrogen and oxygen atoms in total. The normalized spacial score (nSPS) is 37.4. The third-order valence-electron chi connectivity index (χ3n) is 7.03. The molecule has 0 amide bonds. The molecule has 1 saturated carbocycles. The van der Waals surface area contributed by atoms with Gasteiger partial charge in [-0.2, -0.15) is 0 Å². The zero-order valence-electron chi connectivity index (χ0n) is 15.8. The summed E-state index contributed by atoms with van der Waals surface area (Å²) >= 11 is 6.96. The van der Waals surface area contributed by atoms with Crippen molar-refractivity contribution in [3.63, 3.8) is 0 Å². The minimum absolute atomic E-state index is 0.264. The zero-order valence-corrected chi connectivity index (χ0v) is 16.5. The van der Waals surface area contributed by atoms with Crippen molar-refractivity contribution >= 4 is 11.6 Å². The van der Waals surface area contributed by atoms with Crippen LogP contribution in [0.25, 0.3) is 0 Å². The van der Waals surface area contributed by atoms with E-state index in [1.165, 1.54) is 17.5 Å². The molecule has 0 spiro atoms. The highest BCUT2D eigenvalue weighted by Crippen LogP contribution is 2.45. The van der Waals surface area contributed by atoms with Crippen molar-refractivity contribution in [1.29, 1.82) is 0 Å². The number of hydrogen-bond acceptors (Lipinski definition) is 4. The summed E-state index contributed by atoms with van der Waals surface area (Å²) in [6.45, 7) is 4.35. The molecular weight excluding hydrogens is 344 g/mol. The molecule has 1 aromatic rings. The van der Waals surface area contributed by atoms with E-state index in [4.69, 9.17) is 11.6 Å². The van der Waals surface area contributed by atoms with Gasteiger partial charge in [-0.1, -0.05) is 24.3 Å². The summed E-state index contributed by atoms with van der Waals surface area (Å²) in [5, 5.41) is 0.264. The lowest BCUT2D eigenvalue weighted by Crippen LogP contribution is -2.44. The molecule has 2 fully saturated rings. The van der Waals surface area contributed by atoms with Gasteiger partial charge in [0.2, 0.25) is 0 Å². The van der Waals surface area contributed by atoms with Gasteiger partial charge >= 0.3 is 0 Å². The Morgan fingerprint density at radius 2 is 1.69 bits per heavy atom. The SMILES string of the molecule is CN1C=CN2Cc3ccccc3CN3CCN(C)C3C3CC(Cl)C(C3)C12. The van der Waals surface area contributed by atoms with Gasteiger partial charge in [-0.05, 0) is 36.9 Å². The largest absolute Gasteiger partial charge is 0.359 e. The van der Waals surface area contributed by atoms with Gasteiger partial charge in [-0.3, -0.25) is 9.80 Å². The maximum atomic E-state index is 6.96. The number of likely N-dealkylation sites (N-methyl/N-ethyl adjacent to an activating group) is 1. The van der Waals surface area contributed by atoms with Gasteiger partial charge in [-0.25, -0.2) is 0 Å². The Balaban J connectivity index is 1.57. The Labute approximate surface area is 162 Å². The second kappa shape index (κ2) is 6.43. The van der Waals surface area contributed by atoms with Gasteiger partial charge in [-0.15, -0.1) is 11.6 Å². The van der Waals surface area contributed by atoms with E-state index in [2.05, 4.69) is 70.4 Å². The fourth-order valence-corrected chi connectivity index (χ4v) is 6.31. The zero-order chi connectivity index (χ0) is 17.8. The van der Waals surface area contributed by atoms with E-state index in [1.807, 2.05) is 0 Å². The Bertz CT molecular complexity index is 707. The fraction of sp³-hybridized carbons (Fsp3) is 0.619. The summed E-state index contributed by atoms with van der Waals surface area (Å²) in [6, 6.07) is 9.00. The van der Waals surface area contributed by atoms with E-state index in [9.17, 15) is 0 Å². The molecule has 0 radical (unpaired) electrons. The molecule has 5 heteroatoms. The van der Waals surface area contributed by atoms with E-state index in [0.717, 1.165) is 32.6 Å². The van der Waals surface area contributed by atoms with Crippen molar-refractivity contribution in [3.05, 3.63) is 47.8 Å². The summed E-state index contributed by atoms with van der Waals surface area (Å²) in [6.07, 6.45) is 7.77. The number of fused-ring (bicyclic) bond motifs is 7. The highest BCUT2D eigenvalue weighted by molar-refractivity contribution is 6.21. The molecule has 2 bridgehead atoms. The average molecular weight is 373 g/mol. The lowest BCUT2D eigenvalue weighted by molar-refractivity contribution is 0.0782. The molecule has 5 atom stereocenters. The Morgan fingerprint density at radius 3 is 2.50 bits per heavy atom. The molecule has 4 aliphatic rings. The van der Waals surface area contributed by atoms with E-state index in [1.54, 1.807) is 0 Å². The smallest absolute Gasteiger partial charge is 0.105 e. The molecular formula is C21H29ClN4. The van der Waals surface area contributed by atoms with Gasteiger partial charge in [0.1, 0.15) is 6.17 Å². The molecule has 1 aromatic carbocycles. The first-order chi connectivity index (χ1) is 12.6. The fourth-order valence-electron chi connectivity index (χ4n) is 5.85. The number of alkyl halides is 1. The summed E-state index contributed by atoms with van der Waals surface area (Å²) in [7, 11) is 4.50. The topological polar surface area (TPSA) is 13.0 Å². The van der Waals surface area contributed by atoms with Crippen molar-refractivity contribution in [2.24, 2.45) is 11.8 Å². The lowest BCUT2D eigenvalue weighted by atomic mass is 9.98. The van der Waals surface area contributed by atoms with Crippen LogP contribution in [0.4, 0.5) is 0 Å². The second-order valence-electron chi connectivity index (χ2n) is 8.59. The molecule has 3 aliphatic heterocycles.